The molecule has 2 nitrogen and oxygen atoms in total. The largest absolute Gasteiger partial charge is 0.391 e. The van der Waals surface area contributed by atoms with Gasteiger partial charge in [-0.25, -0.2) is 4.39 Å². The van der Waals surface area contributed by atoms with Crippen LogP contribution in [0.5, 0.6) is 0 Å². The van der Waals surface area contributed by atoms with Crippen molar-refractivity contribution in [1.29, 1.82) is 0 Å². The summed E-state index contributed by atoms with van der Waals surface area (Å²) in [6.07, 6.45) is -0.378. The van der Waals surface area contributed by atoms with Gasteiger partial charge in [0.25, 0.3) is 0 Å². The SMILES string of the molecule is CC(C)C[C@@](F)(CO)N(F)F. The van der Waals surface area contributed by atoms with E-state index in [0.717, 1.165) is 0 Å². The van der Waals surface area contributed by atoms with Gasteiger partial charge in [-0.3, -0.25) is 0 Å². The highest BCUT2D eigenvalue weighted by atomic mass is 19.4. The summed E-state index contributed by atoms with van der Waals surface area (Å²) in [6.45, 7) is 2.03. The molecule has 0 aromatic rings. The lowest BCUT2D eigenvalue weighted by atomic mass is 10.0. The van der Waals surface area contributed by atoms with E-state index in [1.54, 1.807) is 13.8 Å². The molecule has 0 heterocycles. The van der Waals surface area contributed by atoms with E-state index < -0.39 is 17.7 Å². The molecular formula is C6H12F3NO. The van der Waals surface area contributed by atoms with Gasteiger partial charge in [0.15, 0.2) is 0 Å². The molecule has 0 bridgehead atoms. The first-order valence-electron chi connectivity index (χ1n) is 3.34. The van der Waals surface area contributed by atoms with E-state index in [0.29, 0.717) is 0 Å². The lowest BCUT2D eigenvalue weighted by molar-refractivity contribution is -0.293. The number of hydrogen-bond donors (Lipinski definition) is 1. The summed E-state index contributed by atoms with van der Waals surface area (Å²) in [6, 6.07) is 0. The fraction of sp³-hybridized carbons (Fsp3) is 1.00. The van der Waals surface area contributed by atoms with Crippen molar-refractivity contribution in [3.8, 4) is 0 Å². The van der Waals surface area contributed by atoms with Crippen LogP contribution < -0.4 is 0 Å². The highest BCUT2D eigenvalue weighted by Crippen LogP contribution is 2.26. The predicted octanol–water partition coefficient (Wildman–Crippen LogP) is 1.76. The fourth-order valence-electron chi connectivity index (χ4n) is 0.813. The minimum atomic E-state index is -2.88. The van der Waals surface area contributed by atoms with Crippen molar-refractivity contribution < 1.29 is 18.5 Å². The van der Waals surface area contributed by atoms with E-state index in [4.69, 9.17) is 5.11 Å². The minimum Gasteiger partial charge on any atom is -0.391 e. The molecule has 0 amide bonds. The average molecular weight is 171 g/mol. The Kier molecular flexibility index (Phi) is 3.82. The van der Waals surface area contributed by atoms with Crippen LogP contribution in [0.4, 0.5) is 13.4 Å². The Hall–Kier alpha value is -0.290. The van der Waals surface area contributed by atoms with E-state index in [1.807, 2.05) is 0 Å². The van der Waals surface area contributed by atoms with E-state index in [1.165, 1.54) is 0 Å². The van der Waals surface area contributed by atoms with Crippen LogP contribution in [0.25, 0.3) is 0 Å². The zero-order valence-corrected chi connectivity index (χ0v) is 6.52. The molecule has 0 radical (unpaired) electrons. The third-order valence-electron chi connectivity index (χ3n) is 1.27. The maximum absolute atomic E-state index is 12.8. The van der Waals surface area contributed by atoms with Crippen LogP contribution in [0, 0.1) is 5.92 Å². The minimum absolute atomic E-state index is 0.221. The lowest BCUT2D eigenvalue weighted by Crippen LogP contribution is -2.39. The molecule has 0 rings (SSSR count). The zero-order chi connectivity index (χ0) is 9.07. The first-order valence-corrected chi connectivity index (χ1v) is 3.34. The molecule has 5 heteroatoms. The molecule has 0 aromatic heterocycles. The van der Waals surface area contributed by atoms with Gasteiger partial charge in [-0.15, -0.1) is 0 Å². The monoisotopic (exact) mass is 171 g/mol. The van der Waals surface area contributed by atoms with E-state index in [9.17, 15) is 13.4 Å². The van der Waals surface area contributed by atoms with Crippen LogP contribution in [0.3, 0.4) is 0 Å². The first-order chi connectivity index (χ1) is 4.92. The van der Waals surface area contributed by atoms with Gasteiger partial charge in [0, 0.05) is 6.42 Å². The molecule has 1 atom stereocenters. The fourth-order valence-corrected chi connectivity index (χ4v) is 0.813. The topological polar surface area (TPSA) is 23.5 Å². The molecule has 11 heavy (non-hydrogen) atoms. The maximum Gasteiger partial charge on any atom is 0.244 e. The molecule has 0 aromatic carbocycles. The third kappa shape index (κ3) is 3.07. The third-order valence-corrected chi connectivity index (χ3v) is 1.27. The standard InChI is InChI=1S/C6H12F3NO/c1-5(2)3-6(7,4-11)10(8)9/h5,11H,3-4H2,1-2H3/t6-/m0/s1. The van der Waals surface area contributed by atoms with Crippen LogP contribution >= 0.6 is 0 Å². The highest BCUT2D eigenvalue weighted by molar-refractivity contribution is 4.71. The van der Waals surface area contributed by atoms with Crippen LogP contribution in [-0.4, -0.2) is 22.9 Å². The zero-order valence-electron chi connectivity index (χ0n) is 6.52. The first kappa shape index (κ1) is 10.7. The van der Waals surface area contributed by atoms with Gasteiger partial charge >= 0.3 is 0 Å². The lowest BCUT2D eigenvalue weighted by Gasteiger charge is -2.23. The molecule has 0 aliphatic rings. The Morgan fingerprint density at radius 3 is 2.00 bits per heavy atom. The summed E-state index contributed by atoms with van der Waals surface area (Å²) in [5, 5.41) is 6.73. The Morgan fingerprint density at radius 1 is 1.45 bits per heavy atom. The Labute approximate surface area is 63.5 Å². The molecule has 0 aliphatic heterocycles. The van der Waals surface area contributed by atoms with Crippen LogP contribution in [-0.2, 0) is 0 Å². The van der Waals surface area contributed by atoms with Crippen LogP contribution in [0.2, 0.25) is 0 Å². The second-order valence-electron chi connectivity index (χ2n) is 2.91. The smallest absolute Gasteiger partial charge is 0.244 e. The van der Waals surface area contributed by atoms with Crippen molar-refractivity contribution in [3.05, 3.63) is 0 Å². The number of aliphatic hydroxyl groups excluding tert-OH is 1. The van der Waals surface area contributed by atoms with E-state index >= 15 is 0 Å². The van der Waals surface area contributed by atoms with Gasteiger partial charge in [0.2, 0.25) is 5.79 Å². The van der Waals surface area contributed by atoms with Crippen LogP contribution in [0.1, 0.15) is 20.3 Å². The summed E-state index contributed by atoms with van der Waals surface area (Å²) >= 11 is 0. The molecule has 0 saturated heterocycles. The Balaban J connectivity index is 4.10. The molecule has 1 N–H and O–H groups in total. The maximum atomic E-state index is 12.8. The summed E-state index contributed by atoms with van der Waals surface area (Å²) in [5.41, 5.74) is 0. The van der Waals surface area contributed by atoms with E-state index in [-0.39, 0.29) is 12.3 Å². The molecular weight excluding hydrogens is 159 g/mol. The van der Waals surface area contributed by atoms with Crippen molar-refractivity contribution in [3.63, 3.8) is 0 Å². The Bertz CT molecular complexity index is 120. The number of nitrogens with zero attached hydrogens (tertiary/aromatic N) is 1. The highest BCUT2D eigenvalue weighted by Gasteiger charge is 2.39. The molecule has 0 saturated carbocycles. The van der Waals surface area contributed by atoms with Crippen molar-refractivity contribution in [2.75, 3.05) is 6.61 Å². The second-order valence-corrected chi connectivity index (χ2v) is 2.91. The van der Waals surface area contributed by atoms with Crippen molar-refractivity contribution in [1.82, 2.24) is 5.34 Å². The second kappa shape index (κ2) is 3.92. The van der Waals surface area contributed by atoms with Crippen molar-refractivity contribution in [2.24, 2.45) is 5.92 Å². The van der Waals surface area contributed by atoms with Gasteiger partial charge in [-0.1, -0.05) is 22.8 Å². The number of alkyl halides is 1. The number of aliphatic hydroxyl groups is 1. The van der Waals surface area contributed by atoms with Gasteiger partial charge in [0.05, 0.1) is 12.0 Å². The summed E-state index contributed by atoms with van der Waals surface area (Å²) in [7, 11) is 0. The predicted molar refractivity (Wildman–Crippen MR) is 34.4 cm³/mol. The molecule has 0 aliphatic carbocycles. The van der Waals surface area contributed by atoms with Gasteiger partial charge in [-0.05, 0) is 5.92 Å². The van der Waals surface area contributed by atoms with Crippen molar-refractivity contribution >= 4 is 0 Å². The van der Waals surface area contributed by atoms with Gasteiger partial charge < -0.3 is 5.11 Å². The van der Waals surface area contributed by atoms with E-state index in [2.05, 4.69) is 0 Å². The molecule has 0 unspecified atom stereocenters. The van der Waals surface area contributed by atoms with Crippen molar-refractivity contribution in [2.45, 2.75) is 26.1 Å². The Morgan fingerprint density at radius 2 is 1.91 bits per heavy atom. The average Bonchev–Trinajstić information content (AvgIpc) is 1.86. The summed E-state index contributed by atoms with van der Waals surface area (Å²) < 4.78 is 36.3. The normalized spacial score (nSPS) is 17.5. The summed E-state index contributed by atoms with van der Waals surface area (Å²) in [4.78, 5) is 0. The van der Waals surface area contributed by atoms with Crippen LogP contribution in [0.15, 0.2) is 0 Å². The number of hydrogen-bond acceptors (Lipinski definition) is 2. The number of rotatable bonds is 4. The van der Waals surface area contributed by atoms with Gasteiger partial charge in [-0.2, -0.15) is 0 Å². The molecule has 0 fully saturated rings. The quantitative estimate of drug-likeness (QED) is 0.514. The summed E-state index contributed by atoms with van der Waals surface area (Å²) in [5.74, 6) is -3.10. The molecule has 0 spiro atoms. The van der Waals surface area contributed by atoms with Gasteiger partial charge in [0.1, 0.15) is 0 Å². The number of halogens is 3. The molecule has 68 valence electrons.